The van der Waals surface area contributed by atoms with Crippen molar-refractivity contribution in [3.05, 3.63) is 58.7 Å². The lowest BCUT2D eigenvalue weighted by atomic mass is 10.3. The van der Waals surface area contributed by atoms with E-state index in [4.69, 9.17) is 1.37 Å². The van der Waals surface area contributed by atoms with Crippen molar-refractivity contribution >= 4 is 0 Å². The average molecular weight is 191 g/mol. The van der Waals surface area contributed by atoms with E-state index in [2.05, 4.69) is 5.10 Å². The van der Waals surface area contributed by atoms with Gasteiger partial charge < -0.3 is 0 Å². The number of halogens is 1. The lowest BCUT2D eigenvalue weighted by molar-refractivity contribution is 0.605. The normalized spacial score (nSPS) is 11.1. The van der Waals surface area contributed by atoms with E-state index in [0.717, 1.165) is 4.68 Å². The van der Waals surface area contributed by atoms with Crippen molar-refractivity contribution in [1.82, 2.24) is 9.78 Å². The first-order valence-electron chi connectivity index (χ1n) is 4.50. The molecule has 0 saturated carbocycles. The Balaban J connectivity index is 2.69. The van der Waals surface area contributed by atoms with Crippen molar-refractivity contribution in [2.24, 2.45) is 0 Å². The van der Waals surface area contributed by atoms with Crippen molar-refractivity contribution in [1.29, 1.82) is 0 Å². The molecule has 4 heteroatoms. The lowest BCUT2D eigenvalue weighted by Crippen LogP contribution is -2.20. The summed E-state index contributed by atoms with van der Waals surface area (Å²) in [5.74, 6) is -0.544. The maximum absolute atomic E-state index is 13.3. The third-order valence-electron chi connectivity index (χ3n) is 1.75. The van der Waals surface area contributed by atoms with Gasteiger partial charge in [-0.25, -0.2) is 4.39 Å². The van der Waals surface area contributed by atoms with Gasteiger partial charge >= 0.3 is 0 Å². The van der Waals surface area contributed by atoms with E-state index in [-0.39, 0.29) is 11.9 Å². The van der Waals surface area contributed by atoms with Crippen LogP contribution < -0.4 is 5.56 Å². The molecule has 0 radical (unpaired) electrons. The number of nitrogens with zero attached hydrogens (tertiary/aromatic N) is 2. The minimum atomic E-state index is -0.544. The topological polar surface area (TPSA) is 34.9 Å². The van der Waals surface area contributed by atoms with Crippen molar-refractivity contribution in [3.8, 4) is 5.69 Å². The Hall–Kier alpha value is -1.97. The van der Waals surface area contributed by atoms with Gasteiger partial charge in [0, 0.05) is 12.2 Å². The molecule has 14 heavy (non-hydrogen) atoms. The summed E-state index contributed by atoms with van der Waals surface area (Å²) in [7, 11) is 0. The lowest BCUT2D eigenvalue weighted by Gasteiger charge is -2.03. The maximum Gasteiger partial charge on any atom is 0.271 e. The van der Waals surface area contributed by atoms with Crippen LogP contribution in [0.25, 0.3) is 5.69 Å². The molecule has 1 aromatic heterocycles. The number of hydrogen-bond acceptors (Lipinski definition) is 2. The number of rotatable bonds is 1. The standard InChI is InChI=1S/C10H7FN2O/c11-8-4-1-2-5-9(8)13-10(14)6-3-7-12-13/h1-7H/i7D. The molecule has 2 rings (SSSR count). The molecule has 0 bridgehead atoms. The van der Waals surface area contributed by atoms with E-state index in [1.807, 2.05) is 0 Å². The second kappa shape index (κ2) is 3.41. The zero-order valence-electron chi connectivity index (χ0n) is 8.14. The Labute approximate surface area is 80.8 Å². The van der Waals surface area contributed by atoms with Gasteiger partial charge in [-0.05, 0) is 18.2 Å². The molecule has 0 spiro atoms. The SMILES string of the molecule is [2H]c1ccc(=O)n(-c2ccccc2F)n1. The van der Waals surface area contributed by atoms with Gasteiger partial charge in [0.2, 0.25) is 0 Å². The largest absolute Gasteiger partial charge is 0.271 e. The Kier molecular flexibility index (Phi) is 1.81. The van der Waals surface area contributed by atoms with Crippen molar-refractivity contribution in [2.75, 3.05) is 0 Å². The molecular weight excluding hydrogens is 183 g/mol. The van der Waals surface area contributed by atoms with Gasteiger partial charge in [-0.1, -0.05) is 12.1 Å². The van der Waals surface area contributed by atoms with Crippen LogP contribution >= 0.6 is 0 Å². The molecule has 3 nitrogen and oxygen atoms in total. The quantitative estimate of drug-likeness (QED) is 0.682. The summed E-state index contributed by atoms with van der Waals surface area (Å²) in [6, 6.07) is 8.24. The second-order valence-electron chi connectivity index (χ2n) is 2.66. The summed E-state index contributed by atoms with van der Waals surface area (Å²) in [5.41, 5.74) is -0.410. The van der Waals surface area contributed by atoms with E-state index in [1.165, 1.54) is 30.3 Å². The molecule has 0 unspecified atom stereocenters. The molecule has 0 saturated heterocycles. The zero-order chi connectivity index (χ0) is 10.8. The third-order valence-corrected chi connectivity index (χ3v) is 1.75. The minimum Gasteiger partial charge on any atom is -0.267 e. The zero-order valence-corrected chi connectivity index (χ0v) is 7.14. The minimum absolute atomic E-state index is 0.0524. The summed E-state index contributed by atoms with van der Waals surface area (Å²) in [6.07, 6.45) is -0.0853. The van der Waals surface area contributed by atoms with E-state index in [0.29, 0.717) is 0 Å². The highest BCUT2D eigenvalue weighted by atomic mass is 19.1. The fourth-order valence-corrected chi connectivity index (χ4v) is 1.12. The fourth-order valence-electron chi connectivity index (χ4n) is 1.12. The summed E-state index contributed by atoms with van der Waals surface area (Å²) >= 11 is 0. The van der Waals surface area contributed by atoms with Crippen LogP contribution in [0, 0.1) is 5.82 Å². The molecule has 2 aromatic rings. The van der Waals surface area contributed by atoms with Crippen LogP contribution in [-0.4, -0.2) is 9.78 Å². The average Bonchev–Trinajstić information content (AvgIpc) is 2.23. The van der Waals surface area contributed by atoms with Gasteiger partial charge in [0.15, 0.2) is 0 Å². The van der Waals surface area contributed by atoms with Crippen LogP contribution in [-0.2, 0) is 0 Å². The van der Waals surface area contributed by atoms with Crippen LogP contribution in [0.4, 0.5) is 4.39 Å². The first-order valence-corrected chi connectivity index (χ1v) is 4.00. The molecule has 0 N–H and O–H groups in total. The first-order chi connectivity index (χ1) is 7.18. The van der Waals surface area contributed by atoms with Gasteiger partial charge in [0.25, 0.3) is 5.56 Å². The molecule has 0 aliphatic carbocycles. The van der Waals surface area contributed by atoms with Gasteiger partial charge in [0.1, 0.15) is 11.5 Å². The predicted octanol–water partition coefficient (Wildman–Crippen LogP) is 1.37. The smallest absolute Gasteiger partial charge is 0.267 e. The Morgan fingerprint density at radius 1 is 1.29 bits per heavy atom. The Bertz CT molecular complexity index is 553. The fraction of sp³-hybridized carbons (Fsp3) is 0. The summed E-state index contributed by atoms with van der Waals surface area (Å²) in [6.45, 7) is 0. The van der Waals surface area contributed by atoms with E-state index in [1.54, 1.807) is 6.07 Å². The second-order valence-corrected chi connectivity index (χ2v) is 2.66. The molecule has 1 heterocycles. The van der Waals surface area contributed by atoms with Crippen LogP contribution in [0.2, 0.25) is 0 Å². The van der Waals surface area contributed by atoms with Crippen molar-refractivity contribution < 1.29 is 5.76 Å². The highest BCUT2D eigenvalue weighted by molar-refractivity contribution is 5.31. The number of hydrogen-bond donors (Lipinski definition) is 0. The molecule has 0 aliphatic rings. The number of para-hydroxylation sites is 1. The van der Waals surface area contributed by atoms with E-state index < -0.39 is 11.4 Å². The predicted molar refractivity (Wildman–Crippen MR) is 49.8 cm³/mol. The molecule has 0 fully saturated rings. The van der Waals surface area contributed by atoms with Crippen LogP contribution in [0.1, 0.15) is 1.37 Å². The third kappa shape index (κ3) is 1.42. The molecule has 0 atom stereocenters. The van der Waals surface area contributed by atoms with E-state index >= 15 is 0 Å². The number of benzene rings is 1. The molecule has 70 valence electrons. The van der Waals surface area contributed by atoms with Gasteiger partial charge in [-0.3, -0.25) is 4.79 Å². The van der Waals surface area contributed by atoms with Gasteiger partial charge in [0.05, 0.1) is 1.37 Å². The van der Waals surface area contributed by atoms with Crippen molar-refractivity contribution in [2.45, 2.75) is 0 Å². The monoisotopic (exact) mass is 191 g/mol. The summed E-state index contributed by atoms with van der Waals surface area (Å²) in [4.78, 5) is 11.4. The van der Waals surface area contributed by atoms with Crippen LogP contribution in [0.15, 0.2) is 47.4 Å². The molecule has 1 aromatic carbocycles. The van der Waals surface area contributed by atoms with Crippen LogP contribution in [0.3, 0.4) is 0 Å². The molecular formula is C10H7FN2O. The Morgan fingerprint density at radius 3 is 2.86 bits per heavy atom. The maximum atomic E-state index is 13.3. The van der Waals surface area contributed by atoms with Crippen molar-refractivity contribution in [3.63, 3.8) is 0 Å². The summed E-state index contributed by atoms with van der Waals surface area (Å²) in [5, 5.41) is 3.63. The number of aromatic nitrogens is 2. The highest BCUT2D eigenvalue weighted by Crippen LogP contribution is 2.08. The van der Waals surface area contributed by atoms with Gasteiger partial charge in [-0.2, -0.15) is 9.78 Å². The first kappa shape index (κ1) is 7.44. The summed E-state index contributed by atoms with van der Waals surface area (Å²) < 4.78 is 21.5. The van der Waals surface area contributed by atoms with Crippen LogP contribution in [0.5, 0.6) is 0 Å². The molecule has 0 amide bonds. The van der Waals surface area contributed by atoms with Gasteiger partial charge in [-0.15, -0.1) is 0 Å². The van der Waals surface area contributed by atoms with E-state index in [9.17, 15) is 9.18 Å². The molecule has 0 aliphatic heterocycles. The highest BCUT2D eigenvalue weighted by Gasteiger charge is 2.04. The Morgan fingerprint density at radius 2 is 2.07 bits per heavy atom.